The maximum atomic E-state index is 12.4. The second-order valence-electron chi connectivity index (χ2n) is 5.44. The van der Waals surface area contributed by atoms with Gasteiger partial charge < -0.3 is 24.2 Å². The average Bonchev–Trinajstić information content (AvgIpc) is 2.53. The molecule has 1 fully saturated rings. The number of benzene rings is 1. The van der Waals surface area contributed by atoms with E-state index >= 15 is 0 Å². The van der Waals surface area contributed by atoms with E-state index in [1.807, 2.05) is 0 Å². The van der Waals surface area contributed by atoms with Gasteiger partial charge in [0.05, 0.1) is 33.3 Å². The number of hydrogen-bond donors (Lipinski definition) is 1. The molecule has 0 aromatic heterocycles. The van der Waals surface area contributed by atoms with E-state index in [4.69, 9.17) is 19.3 Å². The maximum Gasteiger partial charge on any atom is 0.334 e. The van der Waals surface area contributed by atoms with Crippen molar-refractivity contribution in [3.8, 4) is 11.5 Å². The third-order valence-corrected chi connectivity index (χ3v) is 3.69. The van der Waals surface area contributed by atoms with Crippen molar-refractivity contribution in [2.75, 3.05) is 27.3 Å². The van der Waals surface area contributed by atoms with Gasteiger partial charge in [0.1, 0.15) is 0 Å². The number of rotatable bonds is 5. The summed E-state index contributed by atoms with van der Waals surface area (Å²) in [6.45, 7) is 2.20. The number of carbonyl (C=O) groups is 2. The Kier molecular flexibility index (Phi) is 5.44. The molecule has 1 aromatic rings. The maximum absolute atomic E-state index is 12.4. The monoisotopic (exact) mass is 323 g/mol. The second kappa shape index (κ2) is 7.32. The molecule has 1 N–H and O–H groups in total. The molecule has 1 unspecified atom stereocenters. The summed E-state index contributed by atoms with van der Waals surface area (Å²) in [4.78, 5) is 25.1. The predicted octanol–water partition coefficient (Wildman–Crippen LogP) is 0.947. The van der Waals surface area contributed by atoms with Gasteiger partial charge >= 0.3 is 5.97 Å². The van der Waals surface area contributed by atoms with Gasteiger partial charge in [0, 0.05) is 6.54 Å². The van der Waals surface area contributed by atoms with Crippen LogP contribution in [0.2, 0.25) is 0 Å². The predicted molar refractivity (Wildman–Crippen MR) is 81.8 cm³/mol. The zero-order valence-corrected chi connectivity index (χ0v) is 13.4. The van der Waals surface area contributed by atoms with Crippen LogP contribution in [0.5, 0.6) is 11.5 Å². The molecule has 0 aliphatic carbocycles. The van der Waals surface area contributed by atoms with Crippen molar-refractivity contribution in [3.63, 3.8) is 0 Å². The molecule has 2 rings (SSSR count). The first kappa shape index (κ1) is 17.1. The van der Waals surface area contributed by atoms with Crippen LogP contribution in [0.4, 0.5) is 0 Å². The highest BCUT2D eigenvalue weighted by molar-refractivity contribution is 5.80. The van der Waals surface area contributed by atoms with Gasteiger partial charge in [-0.3, -0.25) is 4.79 Å². The number of amides is 1. The van der Waals surface area contributed by atoms with Gasteiger partial charge in [0.15, 0.2) is 17.6 Å². The fraction of sp³-hybridized carbons (Fsp3) is 0.500. The first-order valence-electron chi connectivity index (χ1n) is 7.31. The molecule has 0 saturated carbocycles. The number of methoxy groups -OCH3 is 2. The minimum atomic E-state index is -1.06. The summed E-state index contributed by atoms with van der Waals surface area (Å²) in [5.41, 5.74) is 0.777. The summed E-state index contributed by atoms with van der Waals surface area (Å²) in [6.07, 6.45) is -1.12. The zero-order valence-electron chi connectivity index (χ0n) is 13.4. The molecule has 7 heteroatoms. The number of morpholine rings is 1. The molecule has 7 nitrogen and oxygen atoms in total. The van der Waals surface area contributed by atoms with Crippen LogP contribution in [0.15, 0.2) is 18.2 Å². The molecule has 0 bridgehead atoms. The number of hydrogen-bond acceptors (Lipinski definition) is 5. The van der Waals surface area contributed by atoms with Crippen molar-refractivity contribution >= 4 is 11.9 Å². The quantitative estimate of drug-likeness (QED) is 0.868. The lowest BCUT2D eigenvalue weighted by atomic mass is 10.1. The van der Waals surface area contributed by atoms with Crippen LogP contribution >= 0.6 is 0 Å². The van der Waals surface area contributed by atoms with E-state index in [2.05, 4.69) is 0 Å². The summed E-state index contributed by atoms with van der Waals surface area (Å²) in [5.74, 6) is -0.0507. The Morgan fingerprint density at radius 1 is 1.26 bits per heavy atom. The normalized spacial score (nSPS) is 20.9. The van der Waals surface area contributed by atoms with E-state index < -0.39 is 12.1 Å². The van der Waals surface area contributed by atoms with E-state index in [0.717, 1.165) is 5.56 Å². The van der Waals surface area contributed by atoms with Gasteiger partial charge in [-0.2, -0.15) is 0 Å². The average molecular weight is 323 g/mol. The Bertz CT molecular complexity index is 588. The highest BCUT2D eigenvalue weighted by atomic mass is 16.5. The number of carbonyl (C=O) groups excluding carboxylic acids is 1. The minimum absolute atomic E-state index is 0.0613. The summed E-state index contributed by atoms with van der Waals surface area (Å²) < 4.78 is 15.7. The molecular weight excluding hydrogens is 302 g/mol. The molecule has 1 amide bonds. The van der Waals surface area contributed by atoms with Crippen LogP contribution in [0.25, 0.3) is 0 Å². The zero-order chi connectivity index (χ0) is 17.0. The second-order valence-corrected chi connectivity index (χ2v) is 5.44. The number of nitrogens with zero attached hydrogens (tertiary/aromatic N) is 1. The molecule has 126 valence electrons. The van der Waals surface area contributed by atoms with Crippen molar-refractivity contribution < 1.29 is 28.9 Å². The largest absolute Gasteiger partial charge is 0.493 e. The van der Waals surface area contributed by atoms with Crippen molar-refractivity contribution in [1.29, 1.82) is 0 Å². The van der Waals surface area contributed by atoms with Crippen molar-refractivity contribution in [2.45, 2.75) is 25.6 Å². The van der Waals surface area contributed by atoms with Crippen LogP contribution in [0, 0.1) is 0 Å². The summed E-state index contributed by atoms with van der Waals surface area (Å²) >= 11 is 0. The van der Waals surface area contributed by atoms with Crippen molar-refractivity contribution in [3.05, 3.63) is 23.8 Å². The van der Waals surface area contributed by atoms with Gasteiger partial charge in [-0.05, 0) is 24.6 Å². The molecule has 1 aromatic carbocycles. The smallest absolute Gasteiger partial charge is 0.334 e. The molecule has 1 saturated heterocycles. The SMILES string of the molecule is COc1ccc(CC(=O)N2CC(C(=O)O)O[C@H](C)C2)cc1OC. The van der Waals surface area contributed by atoms with E-state index in [1.54, 1.807) is 32.2 Å². The van der Waals surface area contributed by atoms with Crippen LogP contribution in [0.1, 0.15) is 12.5 Å². The summed E-state index contributed by atoms with van der Waals surface area (Å²) in [7, 11) is 3.08. The fourth-order valence-electron chi connectivity index (χ4n) is 2.57. The van der Waals surface area contributed by atoms with E-state index in [9.17, 15) is 9.59 Å². The van der Waals surface area contributed by atoms with Gasteiger partial charge in [-0.1, -0.05) is 6.07 Å². The standard InChI is InChI=1S/C16H21NO6/c1-10-8-17(9-14(23-10)16(19)20)15(18)7-11-4-5-12(21-2)13(6-11)22-3/h4-6,10,14H,7-9H2,1-3H3,(H,19,20)/t10-,14?/m1/s1. The lowest BCUT2D eigenvalue weighted by Crippen LogP contribution is -2.52. The molecule has 1 aliphatic rings. The molecule has 23 heavy (non-hydrogen) atoms. The minimum Gasteiger partial charge on any atom is -0.493 e. The molecule has 2 atom stereocenters. The number of ether oxygens (including phenoxy) is 3. The molecule has 1 aliphatic heterocycles. The lowest BCUT2D eigenvalue weighted by Gasteiger charge is -2.35. The first-order valence-corrected chi connectivity index (χ1v) is 7.31. The highest BCUT2D eigenvalue weighted by Crippen LogP contribution is 2.28. The Morgan fingerprint density at radius 3 is 2.57 bits per heavy atom. The van der Waals surface area contributed by atoms with Crippen LogP contribution in [0.3, 0.4) is 0 Å². The fourth-order valence-corrected chi connectivity index (χ4v) is 2.57. The van der Waals surface area contributed by atoms with Crippen LogP contribution in [-0.2, 0) is 20.7 Å². The first-order chi connectivity index (χ1) is 10.9. The molecular formula is C16H21NO6. The third-order valence-electron chi connectivity index (χ3n) is 3.69. The van der Waals surface area contributed by atoms with Crippen molar-refractivity contribution in [1.82, 2.24) is 4.90 Å². The Morgan fingerprint density at radius 2 is 1.96 bits per heavy atom. The van der Waals surface area contributed by atoms with Crippen LogP contribution in [-0.4, -0.2) is 61.4 Å². The number of carboxylic acid groups (broad SMARTS) is 1. The van der Waals surface area contributed by atoms with E-state index in [0.29, 0.717) is 18.0 Å². The molecule has 1 heterocycles. The Labute approximate surface area is 134 Å². The van der Waals surface area contributed by atoms with Crippen LogP contribution < -0.4 is 9.47 Å². The third kappa shape index (κ3) is 4.13. The summed E-state index contributed by atoms with van der Waals surface area (Å²) in [5, 5.41) is 9.08. The van der Waals surface area contributed by atoms with Gasteiger partial charge in [-0.25, -0.2) is 4.79 Å². The topological polar surface area (TPSA) is 85.3 Å². The van der Waals surface area contributed by atoms with Gasteiger partial charge in [0.2, 0.25) is 5.91 Å². The highest BCUT2D eigenvalue weighted by Gasteiger charge is 2.32. The Balaban J connectivity index is 2.07. The van der Waals surface area contributed by atoms with E-state index in [-0.39, 0.29) is 25.0 Å². The van der Waals surface area contributed by atoms with E-state index in [1.165, 1.54) is 12.0 Å². The Hall–Kier alpha value is -2.28. The van der Waals surface area contributed by atoms with Gasteiger partial charge in [0.25, 0.3) is 0 Å². The molecule has 0 spiro atoms. The number of aliphatic carboxylic acids is 1. The summed E-state index contributed by atoms with van der Waals surface area (Å²) in [6, 6.07) is 5.27. The number of carboxylic acids is 1. The molecule has 0 radical (unpaired) electrons. The lowest BCUT2D eigenvalue weighted by molar-refractivity contribution is -0.166. The van der Waals surface area contributed by atoms with Crippen molar-refractivity contribution in [2.24, 2.45) is 0 Å². The van der Waals surface area contributed by atoms with Gasteiger partial charge in [-0.15, -0.1) is 0 Å².